The normalized spacial score (nSPS) is 11.6. The van der Waals surface area contributed by atoms with Gasteiger partial charge in [0, 0.05) is 18.0 Å². The van der Waals surface area contributed by atoms with Gasteiger partial charge in [-0.2, -0.15) is 0 Å². The Kier molecular flexibility index (Phi) is 5.18. The average Bonchev–Trinajstić information content (AvgIpc) is 2.44. The van der Waals surface area contributed by atoms with E-state index in [1.807, 2.05) is 6.07 Å². The van der Waals surface area contributed by atoms with Gasteiger partial charge in [0.05, 0.1) is 5.52 Å². The van der Waals surface area contributed by atoms with Gasteiger partial charge in [0.1, 0.15) is 5.82 Å². The van der Waals surface area contributed by atoms with Gasteiger partial charge in [-0.05, 0) is 50.4 Å². The Hall–Kier alpha value is -1.61. The van der Waals surface area contributed by atoms with Crippen molar-refractivity contribution in [2.45, 2.75) is 40.2 Å². The van der Waals surface area contributed by atoms with E-state index in [9.17, 15) is 0 Å². The summed E-state index contributed by atoms with van der Waals surface area (Å²) in [6, 6.07) is 11.0. The molecule has 0 atom stereocenters. The molecule has 2 aromatic rings. The predicted octanol–water partition coefficient (Wildman–Crippen LogP) is 3.61. The highest BCUT2D eigenvalue weighted by atomic mass is 15.2. The molecule has 114 valence electrons. The molecule has 0 spiro atoms. The summed E-state index contributed by atoms with van der Waals surface area (Å²) in [5.74, 6) is 1.70. The SMILES string of the molecule is CC(C)CN(c1nc2ccccc2cc1CCN)C(C)C. The van der Waals surface area contributed by atoms with Gasteiger partial charge in [0.25, 0.3) is 0 Å². The van der Waals surface area contributed by atoms with E-state index >= 15 is 0 Å². The van der Waals surface area contributed by atoms with E-state index in [0.29, 0.717) is 18.5 Å². The Morgan fingerprint density at radius 1 is 1.14 bits per heavy atom. The number of anilines is 1. The highest BCUT2D eigenvalue weighted by molar-refractivity contribution is 5.82. The lowest BCUT2D eigenvalue weighted by Crippen LogP contribution is -2.35. The molecule has 0 aliphatic heterocycles. The van der Waals surface area contributed by atoms with Gasteiger partial charge in [-0.1, -0.05) is 32.0 Å². The van der Waals surface area contributed by atoms with Gasteiger partial charge in [-0.3, -0.25) is 0 Å². The molecule has 0 aliphatic carbocycles. The van der Waals surface area contributed by atoms with Crippen LogP contribution in [0.15, 0.2) is 30.3 Å². The summed E-state index contributed by atoms with van der Waals surface area (Å²) in [6.45, 7) is 10.6. The number of aromatic nitrogens is 1. The van der Waals surface area contributed by atoms with E-state index in [0.717, 1.165) is 24.3 Å². The van der Waals surface area contributed by atoms with Crippen LogP contribution in [0.4, 0.5) is 5.82 Å². The van der Waals surface area contributed by atoms with Crippen LogP contribution in [-0.2, 0) is 6.42 Å². The van der Waals surface area contributed by atoms with Crippen LogP contribution in [0.2, 0.25) is 0 Å². The fourth-order valence-electron chi connectivity index (χ4n) is 2.67. The fraction of sp³-hybridized carbons (Fsp3) is 0.500. The maximum absolute atomic E-state index is 5.80. The zero-order valence-electron chi connectivity index (χ0n) is 13.6. The second-order valence-corrected chi connectivity index (χ2v) is 6.34. The first-order chi connectivity index (χ1) is 10.0. The third-order valence-electron chi connectivity index (χ3n) is 3.65. The molecule has 1 aromatic carbocycles. The van der Waals surface area contributed by atoms with E-state index in [-0.39, 0.29) is 0 Å². The third kappa shape index (κ3) is 3.73. The number of para-hydroxylation sites is 1. The molecule has 0 bridgehead atoms. The molecule has 3 nitrogen and oxygen atoms in total. The van der Waals surface area contributed by atoms with Crippen molar-refractivity contribution in [2.75, 3.05) is 18.0 Å². The molecule has 0 saturated heterocycles. The zero-order chi connectivity index (χ0) is 15.4. The van der Waals surface area contributed by atoms with E-state index in [4.69, 9.17) is 10.7 Å². The Labute approximate surface area is 128 Å². The number of benzene rings is 1. The minimum absolute atomic E-state index is 0.428. The van der Waals surface area contributed by atoms with Crippen molar-refractivity contribution < 1.29 is 0 Å². The number of hydrogen-bond donors (Lipinski definition) is 1. The number of pyridine rings is 1. The van der Waals surface area contributed by atoms with E-state index in [2.05, 4.69) is 56.9 Å². The summed E-state index contributed by atoms with van der Waals surface area (Å²) in [5, 5.41) is 1.19. The lowest BCUT2D eigenvalue weighted by atomic mass is 10.1. The minimum atomic E-state index is 0.428. The molecule has 0 unspecified atom stereocenters. The molecular formula is C18H27N3. The Morgan fingerprint density at radius 2 is 1.86 bits per heavy atom. The molecule has 0 radical (unpaired) electrons. The van der Waals surface area contributed by atoms with Gasteiger partial charge in [0.15, 0.2) is 0 Å². The highest BCUT2D eigenvalue weighted by Gasteiger charge is 2.18. The first-order valence-electron chi connectivity index (χ1n) is 7.88. The van der Waals surface area contributed by atoms with Crippen LogP contribution in [0.5, 0.6) is 0 Å². The Bertz CT molecular complexity index is 590. The van der Waals surface area contributed by atoms with Crippen molar-refractivity contribution >= 4 is 16.7 Å². The van der Waals surface area contributed by atoms with Crippen LogP contribution >= 0.6 is 0 Å². The number of rotatable bonds is 6. The highest BCUT2D eigenvalue weighted by Crippen LogP contribution is 2.26. The van der Waals surface area contributed by atoms with E-state index in [1.54, 1.807) is 0 Å². The number of nitrogens with zero attached hydrogens (tertiary/aromatic N) is 2. The molecule has 1 aromatic heterocycles. The van der Waals surface area contributed by atoms with Crippen molar-refractivity contribution in [1.29, 1.82) is 0 Å². The first kappa shape index (κ1) is 15.8. The first-order valence-corrected chi connectivity index (χ1v) is 7.88. The quantitative estimate of drug-likeness (QED) is 0.881. The Balaban J connectivity index is 2.54. The summed E-state index contributed by atoms with van der Waals surface area (Å²) in [4.78, 5) is 7.34. The monoisotopic (exact) mass is 285 g/mol. The summed E-state index contributed by atoms with van der Waals surface area (Å²) in [7, 11) is 0. The summed E-state index contributed by atoms with van der Waals surface area (Å²) >= 11 is 0. The largest absolute Gasteiger partial charge is 0.354 e. The lowest BCUT2D eigenvalue weighted by molar-refractivity contribution is 0.565. The molecule has 2 rings (SSSR count). The molecule has 0 amide bonds. The van der Waals surface area contributed by atoms with Crippen LogP contribution in [0.3, 0.4) is 0 Å². The second kappa shape index (κ2) is 6.90. The molecule has 21 heavy (non-hydrogen) atoms. The summed E-state index contributed by atoms with van der Waals surface area (Å²) < 4.78 is 0. The predicted molar refractivity (Wildman–Crippen MR) is 91.8 cm³/mol. The fourth-order valence-corrected chi connectivity index (χ4v) is 2.67. The molecular weight excluding hydrogens is 258 g/mol. The number of nitrogens with two attached hydrogens (primary N) is 1. The van der Waals surface area contributed by atoms with Crippen molar-refractivity contribution in [2.24, 2.45) is 11.7 Å². The summed E-state index contributed by atoms with van der Waals surface area (Å²) in [6.07, 6.45) is 0.870. The van der Waals surface area contributed by atoms with E-state index in [1.165, 1.54) is 10.9 Å². The maximum atomic E-state index is 5.80. The lowest BCUT2D eigenvalue weighted by Gasteiger charge is -2.31. The molecule has 0 saturated carbocycles. The van der Waals surface area contributed by atoms with Crippen LogP contribution in [0.25, 0.3) is 10.9 Å². The number of hydrogen-bond acceptors (Lipinski definition) is 3. The van der Waals surface area contributed by atoms with Crippen molar-refractivity contribution in [1.82, 2.24) is 4.98 Å². The maximum Gasteiger partial charge on any atom is 0.132 e. The van der Waals surface area contributed by atoms with Crippen molar-refractivity contribution in [3.8, 4) is 0 Å². The Morgan fingerprint density at radius 3 is 2.48 bits per heavy atom. The topological polar surface area (TPSA) is 42.2 Å². The number of fused-ring (bicyclic) bond motifs is 1. The molecule has 1 heterocycles. The third-order valence-corrected chi connectivity index (χ3v) is 3.65. The van der Waals surface area contributed by atoms with Gasteiger partial charge >= 0.3 is 0 Å². The van der Waals surface area contributed by atoms with Crippen molar-refractivity contribution in [3.63, 3.8) is 0 Å². The summed E-state index contributed by atoms with van der Waals surface area (Å²) in [5.41, 5.74) is 8.12. The molecule has 0 aliphatic rings. The molecule has 2 N–H and O–H groups in total. The standard InChI is InChI=1S/C18H27N3/c1-13(2)12-21(14(3)4)18-16(9-10-19)11-15-7-5-6-8-17(15)20-18/h5-8,11,13-14H,9-10,12,19H2,1-4H3. The smallest absolute Gasteiger partial charge is 0.132 e. The van der Waals surface area contributed by atoms with E-state index < -0.39 is 0 Å². The van der Waals surface area contributed by atoms with Crippen molar-refractivity contribution in [3.05, 3.63) is 35.9 Å². The van der Waals surface area contributed by atoms with Crippen LogP contribution in [0.1, 0.15) is 33.3 Å². The van der Waals surface area contributed by atoms with Crippen LogP contribution in [-0.4, -0.2) is 24.1 Å². The van der Waals surface area contributed by atoms with Gasteiger partial charge in [-0.15, -0.1) is 0 Å². The molecule has 0 fully saturated rings. The minimum Gasteiger partial charge on any atom is -0.354 e. The van der Waals surface area contributed by atoms with Crippen LogP contribution in [0, 0.1) is 5.92 Å². The molecule has 3 heteroatoms. The van der Waals surface area contributed by atoms with Gasteiger partial charge in [0.2, 0.25) is 0 Å². The van der Waals surface area contributed by atoms with Crippen LogP contribution < -0.4 is 10.6 Å². The zero-order valence-corrected chi connectivity index (χ0v) is 13.6. The average molecular weight is 285 g/mol. The van der Waals surface area contributed by atoms with Gasteiger partial charge in [-0.25, -0.2) is 4.98 Å². The van der Waals surface area contributed by atoms with Gasteiger partial charge < -0.3 is 10.6 Å². The second-order valence-electron chi connectivity index (χ2n) is 6.34.